The van der Waals surface area contributed by atoms with Crippen LogP contribution in [0.25, 0.3) is 11.1 Å². The van der Waals surface area contributed by atoms with Crippen LogP contribution >= 0.6 is 0 Å². The number of fused-ring (bicyclic) bond motifs is 3. The lowest BCUT2D eigenvalue weighted by Crippen LogP contribution is -2.63. The van der Waals surface area contributed by atoms with E-state index >= 15 is 0 Å². The topological polar surface area (TPSA) is 114 Å². The van der Waals surface area contributed by atoms with Crippen LogP contribution < -0.4 is 10.6 Å². The lowest BCUT2D eigenvalue weighted by molar-refractivity contribution is -0.155. The lowest BCUT2D eigenvalue weighted by atomic mass is 9.73. The zero-order valence-electron chi connectivity index (χ0n) is 19.5. The summed E-state index contributed by atoms with van der Waals surface area (Å²) < 4.78 is 11.1. The number of ether oxygens (including phenoxy) is 2. The largest absolute Gasteiger partial charge is 0.480 e. The molecule has 2 amide bonds. The van der Waals surface area contributed by atoms with E-state index < -0.39 is 23.0 Å². The molecular formula is C27H30N2O6. The monoisotopic (exact) mass is 478 g/mol. The van der Waals surface area contributed by atoms with Crippen molar-refractivity contribution in [1.29, 1.82) is 0 Å². The Morgan fingerprint density at radius 2 is 1.54 bits per heavy atom. The molecule has 0 atom stereocenters. The number of alkyl carbamates (subject to hydrolysis) is 1. The molecule has 184 valence electrons. The summed E-state index contributed by atoms with van der Waals surface area (Å²) in [5.74, 6) is -1.41. The molecule has 1 aliphatic heterocycles. The van der Waals surface area contributed by atoms with Gasteiger partial charge in [-0.15, -0.1) is 0 Å². The molecule has 0 spiro atoms. The Hall–Kier alpha value is -3.39. The van der Waals surface area contributed by atoms with Crippen LogP contribution in [0.1, 0.15) is 49.1 Å². The van der Waals surface area contributed by atoms with Crippen molar-refractivity contribution >= 4 is 18.0 Å². The van der Waals surface area contributed by atoms with E-state index in [0.29, 0.717) is 38.9 Å². The fourth-order valence-electron chi connectivity index (χ4n) is 5.41. The smallest absolute Gasteiger partial charge is 0.407 e. The first-order valence-electron chi connectivity index (χ1n) is 12.2. The molecule has 35 heavy (non-hydrogen) atoms. The third-order valence-corrected chi connectivity index (χ3v) is 7.82. The number of nitrogens with one attached hydrogen (secondary N) is 2. The first kappa shape index (κ1) is 23.4. The number of benzene rings is 2. The maximum absolute atomic E-state index is 13.3. The summed E-state index contributed by atoms with van der Waals surface area (Å²) in [5, 5.41) is 15.2. The van der Waals surface area contributed by atoms with Gasteiger partial charge in [0.1, 0.15) is 12.1 Å². The first-order chi connectivity index (χ1) is 16.9. The molecule has 2 aromatic carbocycles. The van der Waals surface area contributed by atoms with Gasteiger partial charge in [0, 0.05) is 25.7 Å². The fourth-order valence-corrected chi connectivity index (χ4v) is 5.41. The molecule has 0 unspecified atom stereocenters. The first-order valence-corrected chi connectivity index (χ1v) is 12.2. The van der Waals surface area contributed by atoms with Crippen LogP contribution in [0.2, 0.25) is 0 Å². The summed E-state index contributed by atoms with van der Waals surface area (Å²) >= 11 is 0. The Morgan fingerprint density at radius 3 is 2.09 bits per heavy atom. The van der Waals surface area contributed by atoms with Gasteiger partial charge in [-0.25, -0.2) is 9.59 Å². The number of carbonyl (C=O) groups is 3. The maximum atomic E-state index is 13.3. The zero-order chi connectivity index (χ0) is 24.5. The predicted molar refractivity (Wildman–Crippen MR) is 128 cm³/mol. The number of carboxylic acid groups (broad SMARTS) is 1. The molecule has 5 rings (SSSR count). The van der Waals surface area contributed by atoms with E-state index in [4.69, 9.17) is 9.47 Å². The summed E-state index contributed by atoms with van der Waals surface area (Å²) in [7, 11) is 0. The van der Waals surface area contributed by atoms with Gasteiger partial charge in [-0.05, 0) is 54.4 Å². The van der Waals surface area contributed by atoms with Gasteiger partial charge in [0.05, 0.1) is 5.41 Å². The van der Waals surface area contributed by atoms with E-state index in [1.165, 1.54) is 0 Å². The van der Waals surface area contributed by atoms with Crippen molar-refractivity contribution in [2.24, 2.45) is 5.41 Å². The van der Waals surface area contributed by atoms with Crippen LogP contribution in [0, 0.1) is 5.41 Å². The van der Waals surface area contributed by atoms with Crippen molar-refractivity contribution in [3.05, 3.63) is 59.7 Å². The van der Waals surface area contributed by atoms with Crippen LogP contribution in [0.15, 0.2) is 48.5 Å². The Morgan fingerprint density at radius 1 is 0.943 bits per heavy atom. The Bertz CT molecular complexity index is 1090. The van der Waals surface area contributed by atoms with Crippen molar-refractivity contribution in [2.45, 2.75) is 43.6 Å². The number of amides is 2. The number of rotatable bonds is 7. The van der Waals surface area contributed by atoms with Crippen LogP contribution in [0.4, 0.5) is 4.79 Å². The summed E-state index contributed by atoms with van der Waals surface area (Å²) in [6.07, 6.45) is 1.81. The minimum absolute atomic E-state index is 0.0532. The van der Waals surface area contributed by atoms with Gasteiger partial charge in [0.2, 0.25) is 5.91 Å². The lowest BCUT2D eigenvalue weighted by Gasteiger charge is -2.43. The molecule has 8 nitrogen and oxygen atoms in total. The molecule has 3 aliphatic rings. The number of carbonyl (C=O) groups excluding carboxylic acids is 2. The standard InChI is InChI=1S/C27H30N2O6/c30-23(29-27(24(31)32)10-5-11-27)26(12-14-34-15-13-26)17-28-25(33)35-16-22-20-8-3-1-6-18(20)19-7-2-4-9-21(19)22/h1-4,6-9,22H,5,10-17H2,(H,28,33)(H,29,30)(H,31,32). The SMILES string of the molecule is O=C(NCC1(C(=O)NC2(C(=O)O)CCC2)CCOCC1)OCC1c2ccccc2-c2ccccc21. The Balaban J connectivity index is 1.23. The minimum Gasteiger partial charge on any atom is -0.480 e. The Labute approximate surface area is 204 Å². The van der Waals surface area contributed by atoms with Gasteiger partial charge >= 0.3 is 12.1 Å². The molecule has 0 bridgehead atoms. The highest BCUT2D eigenvalue weighted by molar-refractivity contribution is 5.91. The van der Waals surface area contributed by atoms with Gasteiger partial charge in [0.25, 0.3) is 0 Å². The second-order valence-electron chi connectivity index (χ2n) is 9.77. The number of aliphatic carboxylic acids is 1. The highest BCUT2D eigenvalue weighted by atomic mass is 16.5. The Kier molecular flexibility index (Phi) is 6.23. The van der Waals surface area contributed by atoms with E-state index in [9.17, 15) is 19.5 Å². The summed E-state index contributed by atoms with van der Waals surface area (Å²) in [5.41, 5.74) is 2.42. The van der Waals surface area contributed by atoms with Crippen LogP contribution in [0.5, 0.6) is 0 Å². The number of carboxylic acids is 1. The third-order valence-electron chi connectivity index (χ3n) is 7.82. The van der Waals surface area contributed by atoms with Gasteiger partial charge in [0.15, 0.2) is 0 Å². The minimum atomic E-state index is -1.20. The van der Waals surface area contributed by atoms with Gasteiger partial charge in [-0.2, -0.15) is 0 Å². The molecule has 1 saturated carbocycles. The molecule has 2 aliphatic carbocycles. The summed E-state index contributed by atoms with van der Waals surface area (Å²) in [6, 6.07) is 16.2. The van der Waals surface area contributed by atoms with Gasteiger partial charge in [-0.3, -0.25) is 4.79 Å². The van der Waals surface area contributed by atoms with Crippen molar-refractivity contribution in [3.8, 4) is 11.1 Å². The highest BCUT2D eigenvalue weighted by Gasteiger charge is 2.50. The molecule has 1 heterocycles. The van der Waals surface area contributed by atoms with Crippen LogP contribution in [0.3, 0.4) is 0 Å². The molecule has 0 aromatic heterocycles. The second kappa shape index (κ2) is 9.34. The number of hydrogen-bond donors (Lipinski definition) is 3. The molecule has 0 radical (unpaired) electrons. The van der Waals surface area contributed by atoms with Gasteiger partial charge in [-0.1, -0.05) is 48.5 Å². The molecule has 3 N–H and O–H groups in total. The van der Waals surface area contributed by atoms with E-state index in [2.05, 4.69) is 34.9 Å². The van der Waals surface area contributed by atoms with Crippen molar-refractivity contribution in [1.82, 2.24) is 10.6 Å². The summed E-state index contributed by atoms with van der Waals surface area (Å²) in [4.78, 5) is 37.7. The maximum Gasteiger partial charge on any atom is 0.407 e. The van der Waals surface area contributed by atoms with E-state index in [0.717, 1.165) is 28.7 Å². The summed E-state index contributed by atoms with van der Waals surface area (Å²) in [6.45, 7) is 0.999. The molecular weight excluding hydrogens is 448 g/mol. The fraction of sp³-hybridized carbons (Fsp3) is 0.444. The van der Waals surface area contributed by atoms with Crippen molar-refractivity contribution < 1.29 is 29.0 Å². The molecule has 2 aromatic rings. The van der Waals surface area contributed by atoms with Gasteiger partial charge < -0.3 is 25.2 Å². The average Bonchev–Trinajstić information content (AvgIpc) is 3.17. The van der Waals surface area contributed by atoms with E-state index in [1.54, 1.807) is 0 Å². The second-order valence-corrected chi connectivity index (χ2v) is 9.77. The van der Waals surface area contributed by atoms with Crippen molar-refractivity contribution in [3.63, 3.8) is 0 Å². The number of hydrogen-bond acceptors (Lipinski definition) is 5. The van der Waals surface area contributed by atoms with E-state index in [1.807, 2.05) is 24.3 Å². The van der Waals surface area contributed by atoms with E-state index in [-0.39, 0.29) is 25.0 Å². The predicted octanol–water partition coefficient (Wildman–Crippen LogP) is 3.45. The normalized spacial score (nSPS) is 19.5. The molecule has 8 heteroatoms. The van der Waals surface area contributed by atoms with Crippen molar-refractivity contribution in [2.75, 3.05) is 26.4 Å². The molecule has 1 saturated heterocycles. The highest BCUT2D eigenvalue weighted by Crippen LogP contribution is 2.44. The third kappa shape index (κ3) is 4.27. The zero-order valence-corrected chi connectivity index (χ0v) is 19.5. The van der Waals surface area contributed by atoms with Crippen LogP contribution in [-0.4, -0.2) is 55.0 Å². The molecule has 2 fully saturated rings. The average molecular weight is 479 g/mol. The van der Waals surface area contributed by atoms with Crippen LogP contribution in [-0.2, 0) is 19.1 Å². The quantitative estimate of drug-likeness (QED) is 0.562.